The van der Waals surface area contributed by atoms with Gasteiger partial charge in [-0.15, -0.1) is 12.4 Å². The van der Waals surface area contributed by atoms with E-state index in [4.69, 9.17) is 0 Å². The molecule has 1 aliphatic rings. The number of aromatic nitrogens is 2. The van der Waals surface area contributed by atoms with Crippen LogP contribution in [0.1, 0.15) is 16.1 Å². The molecule has 1 aromatic rings. The number of rotatable bonds is 3. The van der Waals surface area contributed by atoms with Crippen molar-refractivity contribution in [1.82, 2.24) is 20.2 Å². The van der Waals surface area contributed by atoms with Crippen molar-refractivity contribution in [2.45, 2.75) is 13.0 Å². The van der Waals surface area contributed by atoms with Gasteiger partial charge in [-0.1, -0.05) is 0 Å². The third-order valence-electron chi connectivity index (χ3n) is 3.39. The zero-order valence-electron chi connectivity index (χ0n) is 12.7. The summed E-state index contributed by atoms with van der Waals surface area (Å²) in [5.41, 5.74) is 0.884. The lowest BCUT2D eigenvalue weighted by molar-refractivity contribution is -0.142. The molecule has 1 unspecified atom stereocenters. The molecule has 22 heavy (non-hydrogen) atoms. The van der Waals surface area contributed by atoms with Gasteiger partial charge in [0.1, 0.15) is 6.04 Å². The molecule has 1 aliphatic heterocycles. The van der Waals surface area contributed by atoms with Crippen molar-refractivity contribution >= 4 is 30.2 Å². The standard InChI is InChI=1S/C13H19N5O3.ClH/c1-8-9(6-15-13(16-8)17(2)3)11(19)18-5-4-14-7-10(18)12(20)21;/h6,10,14H,4-5,7H2,1-3H3,(H,20,21);1H. The number of aliphatic carboxylic acids is 1. The molecule has 0 saturated carbocycles. The maximum atomic E-state index is 12.6. The highest BCUT2D eigenvalue weighted by Crippen LogP contribution is 2.15. The number of carboxylic acids is 1. The van der Waals surface area contributed by atoms with Crippen LogP contribution in [-0.4, -0.2) is 71.6 Å². The van der Waals surface area contributed by atoms with Gasteiger partial charge in [-0.25, -0.2) is 14.8 Å². The number of nitrogens with zero attached hydrogens (tertiary/aromatic N) is 4. The number of hydrogen-bond donors (Lipinski definition) is 2. The highest BCUT2D eigenvalue weighted by molar-refractivity contribution is 5.97. The predicted octanol–water partition coefficient (Wildman–Crippen LogP) is -0.229. The molecule has 8 nitrogen and oxygen atoms in total. The molecule has 0 spiro atoms. The summed E-state index contributed by atoms with van der Waals surface area (Å²) >= 11 is 0. The lowest BCUT2D eigenvalue weighted by Crippen LogP contribution is -2.57. The topological polar surface area (TPSA) is 98.7 Å². The Bertz CT molecular complexity index is 567. The summed E-state index contributed by atoms with van der Waals surface area (Å²) in [4.78, 5) is 35.3. The Morgan fingerprint density at radius 1 is 1.45 bits per heavy atom. The molecule has 2 heterocycles. The Morgan fingerprint density at radius 2 is 2.14 bits per heavy atom. The third kappa shape index (κ3) is 3.63. The smallest absolute Gasteiger partial charge is 0.327 e. The van der Waals surface area contributed by atoms with E-state index < -0.39 is 12.0 Å². The van der Waals surface area contributed by atoms with Crippen LogP contribution in [0.25, 0.3) is 0 Å². The van der Waals surface area contributed by atoms with Crippen LogP contribution in [0.3, 0.4) is 0 Å². The number of anilines is 1. The maximum Gasteiger partial charge on any atom is 0.327 e. The summed E-state index contributed by atoms with van der Waals surface area (Å²) in [6.45, 7) is 2.90. The zero-order chi connectivity index (χ0) is 15.6. The second-order valence-electron chi connectivity index (χ2n) is 5.12. The number of carbonyl (C=O) groups is 2. The van der Waals surface area contributed by atoms with E-state index in [0.29, 0.717) is 30.3 Å². The van der Waals surface area contributed by atoms with Crippen molar-refractivity contribution in [2.75, 3.05) is 38.6 Å². The number of piperazine rings is 1. The van der Waals surface area contributed by atoms with E-state index in [0.717, 1.165) is 0 Å². The quantitative estimate of drug-likeness (QED) is 0.790. The van der Waals surface area contributed by atoms with Crippen LogP contribution >= 0.6 is 12.4 Å². The van der Waals surface area contributed by atoms with E-state index in [2.05, 4.69) is 15.3 Å². The Hall–Kier alpha value is -1.93. The molecular weight excluding hydrogens is 310 g/mol. The molecule has 122 valence electrons. The first-order valence-electron chi connectivity index (χ1n) is 6.67. The van der Waals surface area contributed by atoms with Crippen LogP contribution in [0.5, 0.6) is 0 Å². The fourth-order valence-corrected chi connectivity index (χ4v) is 2.20. The summed E-state index contributed by atoms with van der Waals surface area (Å²) in [5, 5.41) is 12.2. The number of hydrogen-bond acceptors (Lipinski definition) is 6. The van der Waals surface area contributed by atoms with Crippen LogP contribution in [0.15, 0.2) is 6.20 Å². The average Bonchev–Trinajstić information content (AvgIpc) is 2.46. The molecule has 0 aliphatic carbocycles. The van der Waals surface area contributed by atoms with E-state index in [1.807, 2.05) is 14.1 Å². The Labute approximate surface area is 134 Å². The van der Waals surface area contributed by atoms with Crippen LogP contribution in [0.2, 0.25) is 0 Å². The predicted molar refractivity (Wildman–Crippen MR) is 83.7 cm³/mol. The zero-order valence-corrected chi connectivity index (χ0v) is 13.6. The molecule has 0 aromatic carbocycles. The molecule has 1 aromatic heterocycles. The van der Waals surface area contributed by atoms with Crippen LogP contribution in [-0.2, 0) is 4.79 Å². The summed E-state index contributed by atoms with van der Waals surface area (Å²) in [6.07, 6.45) is 1.46. The Kier molecular flexibility index (Phi) is 6.07. The first kappa shape index (κ1) is 18.1. The molecule has 0 radical (unpaired) electrons. The van der Waals surface area contributed by atoms with E-state index >= 15 is 0 Å². The van der Waals surface area contributed by atoms with Crippen LogP contribution < -0.4 is 10.2 Å². The monoisotopic (exact) mass is 329 g/mol. The fourth-order valence-electron chi connectivity index (χ4n) is 2.20. The molecular formula is C13H20ClN5O3. The second kappa shape index (κ2) is 7.37. The van der Waals surface area contributed by atoms with Gasteiger partial charge in [0.2, 0.25) is 5.95 Å². The van der Waals surface area contributed by atoms with Gasteiger partial charge in [0, 0.05) is 39.9 Å². The van der Waals surface area contributed by atoms with Crippen molar-refractivity contribution in [3.05, 3.63) is 17.5 Å². The summed E-state index contributed by atoms with van der Waals surface area (Å²) in [7, 11) is 3.63. The first-order valence-corrected chi connectivity index (χ1v) is 6.67. The van der Waals surface area contributed by atoms with Crippen LogP contribution in [0, 0.1) is 6.92 Å². The molecule has 1 saturated heterocycles. The highest BCUT2D eigenvalue weighted by atomic mass is 35.5. The number of aryl methyl sites for hydroxylation is 1. The summed E-state index contributed by atoms with van der Waals surface area (Å²) in [5.74, 6) is -0.843. The van der Waals surface area contributed by atoms with Gasteiger partial charge >= 0.3 is 5.97 Å². The van der Waals surface area contributed by atoms with E-state index in [9.17, 15) is 14.7 Å². The van der Waals surface area contributed by atoms with Gasteiger partial charge in [0.05, 0.1) is 11.3 Å². The van der Waals surface area contributed by atoms with Crippen molar-refractivity contribution < 1.29 is 14.7 Å². The lowest BCUT2D eigenvalue weighted by atomic mass is 10.1. The van der Waals surface area contributed by atoms with Crippen molar-refractivity contribution in [1.29, 1.82) is 0 Å². The van der Waals surface area contributed by atoms with Gasteiger partial charge in [-0.3, -0.25) is 4.79 Å². The van der Waals surface area contributed by atoms with Gasteiger partial charge in [0.25, 0.3) is 5.91 Å². The van der Waals surface area contributed by atoms with Gasteiger partial charge in [0.15, 0.2) is 0 Å². The summed E-state index contributed by atoms with van der Waals surface area (Å²) in [6, 6.07) is -0.862. The largest absolute Gasteiger partial charge is 0.480 e. The first-order chi connectivity index (χ1) is 9.91. The Morgan fingerprint density at radius 3 is 2.68 bits per heavy atom. The molecule has 0 bridgehead atoms. The van der Waals surface area contributed by atoms with Gasteiger partial charge < -0.3 is 20.2 Å². The van der Waals surface area contributed by atoms with Crippen molar-refractivity contribution in [2.24, 2.45) is 0 Å². The van der Waals surface area contributed by atoms with Crippen LogP contribution in [0.4, 0.5) is 5.95 Å². The normalized spacial score (nSPS) is 17.6. The minimum absolute atomic E-state index is 0. The Balaban J connectivity index is 0.00000242. The molecule has 9 heteroatoms. The minimum atomic E-state index is -1.01. The lowest BCUT2D eigenvalue weighted by Gasteiger charge is -2.33. The SMILES string of the molecule is Cc1nc(N(C)C)ncc1C(=O)N1CCNCC1C(=O)O.Cl. The molecule has 1 fully saturated rings. The minimum Gasteiger partial charge on any atom is -0.480 e. The summed E-state index contributed by atoms with van der Waals surface area (Å²) < 4.78 is 0. The van der Waals surface area contributed by atoms with Crippen molar-refractivity contribution in [3.8, 4) is 0 Å². The number of amides is 1. The van der Waals surface area contributed by atoms with E-state index in [1.54, 1.807) is 11.8 Å². The van der Waals surface area contributed by atoms with E-state index in [1.165, 1.54) is 11.1 Å². The number of nitrogens with one attached hydrogen (secondary N) is 1. The van der Waals surface area contributed by atoms with Gasteiger partial charge in [-0.05, 0) is 6.92 Å². The average molecular weight is 330 g/mol. The van der Waals surface area contributed by atoms with E-state index in [-0.39, 0.29) is 24.9 Å². The number of halogens is 1. The number of carbonyl (C=O) groups excluding carboxylic acids is 1. The molecule has 1 amide bonds. The van der Waals surface area contributed by atoms with Gasteiger partial charge in [-0.2, -0.15) is 0 Å². The molecule has 2 rings (SSSR count). The van der Waals surface area contributed by atoms with Crippen molar-refractivity contribution in [3.63, 3.8) is 0 Å². The molecule has 1 atom stereocenters. The fraction of sp³-hybridized carbons (Fsp3) is 0.538. The third-order valence-corrected chi connectivity index (χ3v) is 3.39. The number of carboxylic acid groups (broad SMARTS) is 1. The second-order valence-corrected chi connectivity index (χ2v) is 5.12. The maximum absolute atomic E-state index is 12.6. The highest BCUT2D eigenvalue weighted by Gasteiger charge is 2.33. The molecule has 2 N–H and O–H groups in total.